The number of benzene rings is 1. The van der Waals surface area contributed by atoms with Crippen LogP contribution in [0.15, 0.2) is 17.3 Å². The fourth-order valence-corrected chi connectivity index (χ4v) is 2.64. The zero-order valence-electron chi connectivity index (χ0n) is 11.5. The first-order valence-electron chi connectivity index (χ1n) is 6.51. The Morgan fingerprint density at radius 1 is 1.39 bits per heavy atom. The number of ether oxygens (including phenoxy) is 1. The van der Waals surface area contributed by atoms with Crippen molar-refractivity contribution in [3.63, 3.8) is 0 Å². The number of methoxy groups -OCH3 is 1. The molecule has 1 aliphatic carbocycles. The molecule has 0 radical (unpaired) electrons. The van der Waals surface area contributed by atoms with Gasteiger partial charge in [0.2, 0.25) is 0 Å². The number of hydrogen-bond acceptors (Lipinski definition) is 3. The summed E-state index contributed by atoms with van der Waals surface area (Å²) < 4.78 is 5.46. The van der Waals surface area contributed by atoms with Crippen molar-refractivity contribution in [3.8, 4) is 5.75 Å². The van der Waals surface area contributed by atoms with Gasteiger partial charge in [-0.05, 0) is 36.0 Å². The maximum atomic E-state index is 9.20. The first kappa shape index (κ1) is 12.9. The molecule has 0 saturated carbocycles. The summed E-state index contributed by atoms with van der Waals surface area (Å²) in [5.74, 6) is 1.62. The highest BCUT2D eigenvalue weighted by Gasteiger charge is 2.25. The van der Waals surface area contributed by atoms with Crippen LogP contribution in [0.4, 0.5) is 0 Å². The van der Waals surface area contributed by atoms with Gasteiger partial charge in [-0.1, -0.05) is 32.0 Å². The van der Waals surface area contributed by atoms with Gasteiger partial charge >= 0.3 is 0 Å². The Morgan fingerprint density at radius 3 is 2.67 bits per heavy atom. The number of fused-ring (bicyclic) bond motifs is 1. The Hall–Kier alpha value is -1.51. The van der Waals surface area contributed by atoms with E-state index in [1.54, 1.807) is 7.11 Å². The van der Waals surface area contributed by atoms with Crippen LogP contribution >= 0.6 is 0 Å². The molecule has 0 fully saturated rings. The smallest absolute Gasteiger partial charge is 0.122 e. The van der Waals surface area contributed by atoms with Crippen molar-refractivity contribution < 1.29 is 9.94 Å². The molecule has 0 aliphatic heterocycles. The summed E-state index contributed by atoms with van der Waals surface area (Å²) in [5.41, 5.74) is 4.32. The number of oxime groups is 1. The number of rotatable bonds is 2. The molecule has 1 atom stereocenters. The van der Waals surface area contributed by atoms with Crippen LogP contribution in [0.3, 0.4) is 0 Å². The van der Waals surface area contributed by atoms with E-state index in [1.807, 2.05) is 6.07 Å². The van der Waals surface area contributed by atoms with Crippen LogP contribution in [0.2, 0.25) is 0 Å². The second kappa shape index (κ2) is 5.01. The summed E-state index contributed by atoms with van der Waals surface area (Å²) in [4.78, 5) is 0. The highest BCUT2D eigenvalue weighted by molar-refractivity contribution is 6.04. The quantitative estimate of drug-likeness (QED) is 0.641. The maximum Gasteiger partial charge on any atom is 0.122 e. The van der Waals surface area contributed by atoms with Crippen molar-refractivity contribution in [2.75, 3.05) is 7.11 Å². The Balaban J connectivity index is 2.58. The molecule has 1 unspecified atom stereocenters. The molecule has 3 heteroatoms. The molecule has 18 heavy (non-hydrogen) atoms. The molecule has 3 nitrogen and oxygen atoms in total. The second-order valence-corrected chi connectivity index (χ2v) is 5.33. The molecule has 1 aromatic carbocycles. The van der Waals surface area contributed by atoms with Gasteiger partial charge in [0.05, 0.1) is 12.8 Å². The van der Waals surface area contributed by atoms with Crippen LogP contribution < -0.4 is 4.74 Å². The summed E-state index contributed by atoms with van der Waals surface area (Å²) in [6, 6.07) is 4.23. The minimum atomic E-state index is 0.303. The Labute approximate surface area is 108 Å². The largest absolute Gasteiger partial charge is 0.496 e. The van der Waals surface area contributed by atoms with Crippen molar-refractivity contribution in [1.29, 1.82) is 0 Å². The predicted molar refractivity (Wildman–Crippen MR) is 72.9 cm³/mol. The minimum Gasteiger partial charge on any atom is -0.496 e. The van der Waals surface area contributed by atoms with E-state index in [1.165, 1.54) is 11.1 Å². The van der Waals surface area contributed by atoms with Crippen LogP contribution in [-0.2, 0) is 6.42 Å². The topological polar surface area (TPSA) is 41.8 Å². The van der Waals surface area contributed by atoms with Crippen LogP contribution in [0, 0.1) is 5.92 Å². The van der Waals surface area contributed by atoms with E-state index in [-0.39, 0.29) is 0 Å². The molecular weight excluding hydrogens is 226 g/mol. The van der Waals surface area contributed by atoms with E-state index >= 15 is 0 Å². The normalized spacial score (nSPS) is 21.2. The van der Waals surface area contributed by atoms with Crippen molar-refractivity contribution in [3.05, 3.63) is 28.8 Å². The van der Waals surface area contributed by atoms with E-state index in [9.17, 15) is 5.21 Å². The lowest BCUT2D eigenvalue weighted by atomic mass is 9.81. The fraction of sp³-hybridized carbons (Fsp3) is 0.533. The average molecular weight is 247 g/mol. The van der Waals surface area contributed by atoms with Gasteiger partial charge in [0, 0.05) is 11.5 Å². The van der Waals surface area contributed by atoms with Gasteiger partial charge < -0.3 is 9.94 Å². The highest BCUT2D eigenvalue weighted by Crippen LogP contribution is 2.34. The van der Waals surface area contributed by atoms with Crippen LogP contribution in [0.1, 0.15) is 49.8 Å². The zero-order valence-corrected chi connectivity index (χ0v) is 11.5. The lowest BCUT2D eigenvalue weighted by Crippen LogP contribution is -2.21. The summed E-state index contributed by atoms with van der Waals surface area (Å²) in [6.07, 6.45) is 2.08. The van der Waals surface area contributed by atoms with Crippen LogP contribution in [0.5, 0.6) is 5.75 Å². The summed E-state index contributed by atoms with van der Waals surface area (Å²) in [6.45, 7) is 6.42. The molecule has 98 valence electrons. The van der Waals surface area contributed by atoms with Gasteiger partial charge in [-0.2, -0.15) is 0 Å². The molecule has 0 heterocycles. The molecule has 0 amide bonds. The third kappa shape index (κ3) is 2.09. The monoisotopic (exact) mass is 247 g/mol. The van der Waals surface area contributed by atoms with Gasteiger partial charge in [-0.15, -0.1) is 0 Å². The number of nitrogens with zero attached hydrogens (tertiary/aromatic N) is 1. The van der Waals surface area contributed by atoms with Crippen molar-refractivity contribution >= 4 is 5.71 Å². The lowest BCUT2D eigenvalue weighted by Gasteiger charge is -2.25. The fourth-order valence-electron chi connectivity index (χ4n) is 2.64. The van der Waals surface area contributed by atoms with Gasteiger partial charge in [0.1, 0.15) is 5.75 Å². The third-order valence-corrected chi connectivity index (χ3v) is 3.77. The standard InChI is InChI=1S/C15H21NO2/c1-9(2)12-7-11-6-5-10(3)15(16-17)13(11)8-14(12)18-4/h7-10,17H,5-6H2,1-4H3. The molecule has 0 bridgehead atoms. The predicted octanol–water partition coefficient (Wildman–Crippen LogP) is 3.58. The Kier molecular flexibility index (Phi) is 3.60. The van der Waals surface area contributed by atoms with Crippen LogP contribution in [0.25, 0.3) is 0 Å². The van der Waals surface area contributed by atoms with E-state index < -0.39 is 0 Å². The van der Waals surface area contributed by atoms with Crippen molar-refractivity contribution in [2.24, 2.45) is 11.1 Å². The SMILES string of the molecule is COc1cc2c(cc1C(C)C)CCC(C)C2=NO. The van der Waals surface area contributed by atoms with Gasteiger partial charge in [0.25, 0.3) is 0 Å². The molecule has 1 aromatic rings. The first-order chi connectivity index (χ1) is 8.58. The first-order valence-corrected chi connectivity index (χ1v) is 6.51. The summed E-state index contributed by atoms with van der Waals surface area (Å²) in [5, 5.41) is 12.7. The molecular formula is C15H21NO2. The Morgan fingerprint density at radius 2 is 2.11 bits per heavy atom. The minimum absolute atomic E-state index is 0.303. The maximum absolute atomic E-state index is 9.20. The van der Waals surface area contributed by atoms with Gasteiger partial charge in [-0.3, -0.25) is 0 Å². The molecule has 0 aromatic heterocycles. The Bertz CT molecular complexity index is 478. The van der Waals surface area contributed by atoms with E-state index in [2.05, 4.69) is 32.0 Å². The summed E-state index contributed by atoms with van der Waals surface area (Å²) >= 11 is 0. The zero-order chi connectivity index (χ0) is 13.3. The van der Waals surface area contributed by atoms with Crippen molar-refractivity contribution in [2.45, 2.75) is 39.5 Å². The molecule has 1 N–H and O–H groups in total. The van der Waals surface area contributed by atoms with Crippen LogP contribution in [-0.4, -0.2) is 18.0 Å². The van der Waals surface area contributed by atoms with E-state index in [0.29, 0.717) is 11.8 Å². The van der Waals surface area contributed by atoms with E-state index in [0.717, 1.165) is 29.9 Å². The highest BCUT2D eigenvalue weighted by atomic mass is 16.5. The number of aryl methyl sites for hydroxylation is 1. The molecule has 2 rings (SSSR count). The molecule has 1 aliphatic rings. The summed E-state index contributed by atoms with van der Waals surface area (Å²) in [7, 11) is 1.69. The second-order valence-electron chi connectivity index (χ2n) is 5.33. The lowest BCUT2D eigenvalue weighted by molar-refractivity contribution is 0.314. The van der Waals surface area contributed by atoms with E-state index in [4.69, 9.17) is 4.74 Å². The van der Waals surface area contributed by atoms with Gasteiger partial charge in [-0.25, -0.2) is 0 Å². The third-order valence-electron chi connectivity index (χ3n) is 3.77. The molecule has 0 spiro atoms. The van der Waals surface area contributed by atoms with Gasteiger partial charge in [0.15, 0.2) is 0 Å². The molecule has 0 saturated heterocycles. The average Bonchev–Trinajstić information content (AvgIpc) is 2.37. The van der Waals surface area contributed by atoms with Crippen molar-refractivity contribution in [1.82, 2.24) is 0 Å². The number of hydrogen-bond donors (Lipinski definition) is 1.